The molecule has 0 radical (unpaired) electrons. The van der Waals surface area contributed by atoms with Crippen molar-refractivity contribution >= 4 is 63.3 Å². The summed E-state index contributed by atoms with van der Waals surface area (Å²) in [5.74, 6) is -0.354. The van der Waals surface area contributed by atoms with Crippen molar-refractivity contribution in [1.29, 1.82) is 0 Å². The minimum Gasteiger partial charge on any atom is -0.465 e. The molecule has 0 atom stereocenters. The van der Waals surface area contributed by atoms with E-state index in [2.05, 4.69) is 5.32 Å². The second kappa shape index (κ2) is 9.33. The number of carbonyl (C=O) groups is 2. The van der Waals surface area contributed by atoms with Crippen LogP contribution in [0.5, 0.6) is 0 Å². The monoisotopic (exact) mass is 492 g/mol. The number of esters is 1. The number of aromatic nitrogens is 1. The van der Waals surface area contributed by atoms with Crippen LogP contribution >= 0.6 is 23.2 Å². The van der Waals surface area contributed by atoms with Crippen LogP contribution in [0, 0.1) is 0 Å². The first-order chi connectivity index (χ1) is 16.5. The summed E-state index contributed by atoms with van der Waals surface area (Å²) in [4.78, 5) is 30.4. The molecule has 1 aliphatic rings. The van der Waals surface area contributed by atoms with Gasteiger partial charge in [-0.25, -0.2) is 9.78 Å². The van der Waals surface area contributed by atoms with Crippen molar-refractivity contribution in [2.45, 2.75) is 12.8 Å². The van der Waals surface area contributed by atoms with E-state index in [1.165, 1.54) is 0 Å². The molecule has 0 spiro atoms. The Morgan fingerprint density at radius 1 is 1.06 bits per heavy atom. The van der Waals surface area contributed by atoms with E-state index in [-0.39, 0.29) is 0 Å². The first kappa shape index (κ1) is 22.2. The van der Waals surface area contributed by atoms with E-state index in [1.807, 2.05) is 42.5 Å². The molecule has 2 aromatic carbocycles. The van der Waals surface area contributed by atoms with E-state index >= 15 is 0 Å². The van der Waals surface area contributed by atoms with Crippen molar-refractivity contribution in [2.24, 2.45) is 0 Å². The zero-order valence-electron chi connectivity index (χ0n) is 17.8. The number of hydrogen-bond acceptors (Lipinski definition) is 5. The fourth-order valence-electron chi connectivity index (χ4n) is 4.08. The molecular weight excluding hydrogens is 475 g/mol. The van der Waals surface area contributed by atoms with Crippen LogP contribution in [-0.2, 0) is 16.0 Å². The van der Waals surface area contributed by atoms with Gasteiger partial charge >= 0.3 is 5.97 Å². The van der Waals surface area contributed by atoms with Gasteiger partial charge in [-0.2, -0.15) is 0 Å². The van der Waals surface area contributed by atoms with Gasteiger partial charge in [-0.05, 0) is 66.5 Å². The summed E-state index contributed by atoms with van der Waals surface area (Å²) >= 11 is 11.9. The smallest absolute Gasteiger partial charge is 0.339 e. The van der Waals surface area contributed by atoms with E-state index in [0.29, 0.717) is 38.6 Å². The second-order valence-electron chi connectivity index (χ2n) is 7.80. The number of anilines is 1. The van der Waals surface area contributed by atoms with E-state index in [0.717, 1.165) is 29.0 Å². The predicted octanol–water partition coefficient (Wildman–Crippen LogP) is 6.42. The van der Waals surface area contributed by atoms with Crippen LogP contribution < -0.4 is 5.32 Å². The molecule has 0 fully saturated rings. The highest BCUT2D eigenvalue weighted by molar-refractivity contribution is 6.35. The van der Waals surface area contributed by atoms with Gasteiger partial charge in [0.2, 0.25) is 0 Å². The lowest BCUT2D eigenvalue weighted by Gasteiger charge is -2.12. The fourth-order valence-corrected chi connectivity index (χ4v) is 4.61. The summed E-state index contributed by atoms with van der Waals surface area (Å²) in [6.45, 7) is -0.455. The third-order valence-electron chi connectivity index (χ3n) is 5.49. The van der Waals surface area contributed by atoms with Crippen molar-refractivity contribution in [3.63, 3.8) is 0 Å². The molecule has 0 unspecified atom stereocenters. The third kappa shape index (κ3) is 4.55. The first-order valence-corrected chi connectivity index (χ1v) is 11.3. The molecule has 0 saturated carbocycles. The van der Waals surface area contributed by atoms with Crippen LogP contribution in [0.2, 0.25) is 10.0 Å². The number of rotatable bonds is 5. The Morgan fingerprint density at radius 3 is 2.62 bits per heavy atom. The first-order valence-electron chi connectivity index (χ1n) is 10.6. The average molecular weight is 493 g/mol. The molecule has 8 heteroatoms. The number of fused-ring (bicyclic) bond motifs is 2. The number of nitrogens with one attached hydrogen (secondary N) is 1. The van der Waals surface area contributed by atoms with Crippen LogP contribution in [0.15, 0.2) is 65.3 Å². The number of hydrogen-bond donors (Lipinski definition) is 1. The van der Waals surface area contributed by atoms with E-state index < -0.39 is 18.5 Å². The van der Waals surface area contributed by atoms with E-state index in [9.17, 15) is 9.59 Å². The molecule has 0 saturated heterocycles. The Balaban J connectivity index is 1.42. The van der Waals surface area contributed by atoms with Crippen molar-refractivity contribution in [3.8, 4) is 0 Å². The number of nitrogens with zero attached hydrogens (tertiary/aromatic N) is 1. The zero-order valence-corrected chi connectivity index (χ0v) is 19.3. The van der Waals surface area contributed by atoms with Crippen LogP contribution in [0.1, 0.15) is 33.8 Å². The molecule has 1 N–H and O–H groups in total. The standard InChI is InChI=1S/C26H18Cl2N2O4/c27-16-11-17(28)13-18(12-16)29-23(31)14-34-26(32)24-20-5-1-2-6-22(20)30-25-15(7-8-21(24)25)10-19-4-3-9-33-19/h1-6,9-13H,7-8,14H2,(H,29,31). The lowest BCUT2D eigenvalue weighted by atomic mass is 10.0. The van der Waals surface area contributed by atoms with Crippen molar-refractivity contribution in [2.75, 3.05) is 11.9 Å². The number of para-hydroxylation sites is 1. The number of pyridine rings is 1. The Hall–Kier alpha value is -3.61. The highest BCUT2D eigenvalue weighted by atomic mass is 35.5. The number of ether oxygens (including phenoxy) is 1. The molecule has 2 aromatic heterocycles. The number of benzene rings is 2. The van der Waals surface area contributed by atoms with Gasteiger partial charge in [-0.3, -0.25) is 4.79 Å². The maximum Gasteiger partial charge on any atom is 0.339 e. The molecule has 0 bridgehead atoms. The molecular formula is C26H18Cl2N2O4. The van der Waals surface area contributed by atoms with Crippen LogP contribution in [0.4, 0.5) is 5.69 Å². The summed E-state index contributed by atoms with van der Waals surface area (Å²) in [6.07, 6.45) is 4.90. The highest BCUT2D eigenvalue weighted by Crippen LogP contribution is 2.37. The van der Waals surface area contributed by atoms with Crippen LogP contribution in [-0.4, -0.2) is 23.5 Å². The molecule has 5 rings (SSSR count). The van der Waals surface area contributed by atoms with Crippen LogP contribution in [0.3, 0.4) is 0 Å². The van der Waals surface area contributed by atoms with Crippen molar-refractivity contribution in [3.05, 3.63) is 93.5 Å². The molecule has 0 aliphatic heterocycles. The maximum absolute atomic E-state index is 13.2. The minimum atomic E-state index is -0.576. The van der Waals surface area contributed by atoms with Gasteiger partial charge in [-0.1, -0.05) is 41.4 Å². The fraction of sp³-hybridized carbons (Fsp3) is 0.115. The molecule has 170 valence electrons. The van der Waals surface area contributed by atoms with Gasteiger partial charge in [0.05, 0.1) is 23.0 Å². The number of carbonyl (C=O) groups excluding carboxylic acids is 2. The Kier molecular flexibility index (Phi) is 6.09. The molecule has 6 nitrogen and oxygen atoms in total. The summed E-state index contributed by atoms with van der Waals surface area (Å²) in [7, 11) is 0. The molecule has 4 aromatic rings. The topological polar surface area (TPSA) is 81.4 Å². The predicted molar refractivity (Wildman–Crippen MR) is 132 cm³/mol. The Morgan fingerprint density at radius 2 is 1.85 bits per heavy atom. The maximum atomic E-state index is 13.2. The lowest BCUT2D eigenvalue weighted by molar-refractivity contribution is -0.119. The summed E-state index contributed by atoms with van der Waals surface area (Å²) in [5, 5.41) is 4.09. The summed E-state index contributed by atoms with van der Waals surface area (Å²) < 4.78 is 10.9. The number of halogens is 2. The van der Waals surface area contributed by atoms with Crippen molar-refractivity contribution in [1.82, 2.24) is 4.98 Å². The lowest BCUT2D eigenvalue weighted by Crippen LogP contribution is -2.21. The SMILES string of the molecule is O=C(COC(=O)c1c2c(nc3ccccc13)C(=Cc1ccco1)CC2)Nc1cc(Cl)cc(Cl)c1. The molecule has 34 heavy (non-hydrogen) atoms. The van der Waals surface area contributed by atoms with Gasteiger partial charge < -0.3 is 14.5 Å². The zero-order chi connectivity index (χ0) is 23.7. The highest BCUT2D eigenvalue weighted by Gasteiger charge is 2.28. The molecule has 1 amide bonds. The van der Waals surface area contributed by atoms with Crippen LogP contribution in [0.25, 0.3) is 22.6 Å². The van der Waals surface area contributed by atoms with Gasteiger partial charge in [0.25, 0.3) is 5.91 Å². The van der Waals surface area contributed by atoms with Crippen molar-refractivity contribution < 1.29 is 18.7 Å². The quantitative estimate of drug-likeness (QED) is 0.325. The van der Waals surface area contributed by atoms with Gasteiger partial charge in [0.1, 0.15) is 5.76 Å². The largest absolute Gasteiger partial charge is 0.465 e. The Labute approximate surface area is 205 Å². The van der Waals surface area contributed by atoms with Gasteiger partial charge in [-0.15, -0.1) is 0 Å². The van der Waals surface area contributed by atoms with Gasteiger partial charge in [0.15, 0.2) is 6.61 Å². The van der Waals surface area contributed by atoms with Gasteiger partial charge in [0, 0.05) is 21.1 Å². The molecule has 1 aliphatic carbocycles. The van der Waals surface area contributed by atoms with E-state index in [1.54, 1.807) is 24.5 Å². The molecule has 2 heterocycles. The van der Waals surface area contributed by atoms with E-state index in [4.69, 9.17) is 37.3 Å². The minimum absolute atomic E-state index is 0.386. The Bertz CT molecular complexity index is 1420. The number of amides is 1. The second-order valence-corrected chi connectivity index (χ2v) is 8.67. The number of furan rings is 1. The average Bonchev–Trinajstić information content (AvgIpc) is 3.46. The summed E-state index contributed by atoms with van der Waals surface area (Å²) in [5.41, 5.74) is 4.07. The summed E-state index contributed by atoms with van der Waals surface area (Å²) in [6, 6.07) is 15.8. The third-order valence-corrected chi connectivity index (χ3v) is 5.92. The number of allylic oxidation sites excluding steroid dienone is 1. The normalized spacial score (nSPS) is 13.8.